The molecule has 1 amide bonds. The lowest BCUT2D eigenvalue weighted by Crippen LogP contribution is -2.44. The van der Waals surface area contributed by atoms with Crippen LogP contribution in [0.25, 0.3) is 11.0 Å². The smallest absolute Gasteiger partial charge is 0.410 e. The van der Waals surface area contributed by atoms with Gasteiger partial charge in [-0.1, -0.05) is 6.92 Å². The number of furan rings is 1. The Balaban J connectivity index is 1.78. The Kier molecular flexibility index (Phi) is 4.28. The van der Waals surface area contributed by atoms with Gasteiger partial charge in [-0.05, 0) is 57.2 Å². The van der Waals surface area contributed by atoms with Crippen molar-refractivity contribution in [3.8, 4) is 0 Å². The van der Waals surface area contributed by atoms with Crippen LogP contribution in [0.15, 0.2) is 28.9 Å². The summed E-state index contributed by atoms with van der Waals surface area (Å²) in [5.74, 6) is 0.107. The van der Waals surface area contributed by atoms with Crippen molar-refractivity contribution in [2.24, 2.45) is 5.92 Å². The number of benzene rings is 1. The van der Waals surface area contributed by atoms with E-state index in [4.69, 9.17) is 9.15 Å². The highest BCUT2D eigenvalue weighted by molar-refractivity contribution is 5.81. The standard InChI is InChI=1S/C19H24FNO3/c1-12-11-21(18(22)24-19(2,3)4)7-5-15(12)16-10-14(20)9-13-6-8-23-17(13)16/h6,8-10,12,15H,5,7,11H2,1-4H3/t12-,15+/m1/s1. The van der Waals surface area contributed by atoms with Crippen molar-refractivity contribution in [2.75, 3.05) is 13.1 Å². The molecule has 0 unspecified atom stereocenters. The van der Waals surface area contributed by atoms with Crippen LogP contribution >= 0.6 is 0 Å². The minimum atomic E-state index is -0.500. The third-order valence-electron chi connectivity index (χ3n) is 4.50. The summed E-state index contributed by atoms with van der Waals surface area (Å²) in [5, 5.41) is 0.784. The summed E-state index contributed by atoms with van der Waals surface area (Å²) >= 11 is 0. The number of hydrogen-bond donors (Lipinski definition) is 0. The van der Waals surface area contributed by atoms with Gasteiger partial charge in [0.2, 0.25) is 0 Å². The van der Waals surface area contributed by atoms with Gasteiger partial charge in [0, 0.05) is 24.0 Å². The van der Waals surface area contributed by atoms with Gasteiger partial charge in [-0.3, -0.25) is 0 Å². The third-order valence-corrected chi connectivity index (χ3v) is 4.50. The Morgan fingerprint density at radius 2 is 2.12 bits per heavy atom. The van der Waals surface area contributed by atoms with E-state index in [1.54, 1.807) is 23.3 Å². The number of likely N-dealkylation sites (tertiary alicyclic amines) is 1. The minimum Gasteiger partial charge on any atom is -0.464 e. The summed E-state index contributed by atoms with van der Waals surface area (Å²) in [7, 11) is 0. The van der Waals surface area contributed by atoms with Crippen LogP contribution in [-0.2, 0) is 4.74 Å². The Bertz CT molecular complexity index is 747. The molecule has 0 N–H and O–H groups in total. The number of carbonyl (C=O) groups is 1. The van der Waals surface area contributed by atoms with Crippen LogP contribution < -0.4 is 0 Å². The van der Waals surface area contributed by atoms with Gasteiger partial charge in [-0.15, -0.1) is 0 Å². The van der Waals surface area contributed by atoms with E-state index in [2.05, 4.69) is 6.92 Å². The average molecular weight is 333 g/mol. The van der Waals surface area contributed by atoms with Gasteiger partial charge in [0.05, 0.1) is 6.26 Å². The molecule has 0 radical (unpaired) electrons. The van der Waals surface area contributed by atoms with Crippen LogP contribution in [0.1, 0.15) is 45.6 Å². The second-order valence-corrected chi connectivity index (χ2v) is 7.63. The molecule has 0 spiro atoms. The maximum Gasteiger partial charge on any atom is 0.410 e. The Morgan fingerprint density at radius 3 is 2.79 bits per heavy atom. The van der Waals surface area contributed by atoms with E-state index in [0.29, 0.717) is 13.1 Å². The summed E-state index contributed by atoms with van der Waals surface area (Å²) in [5.41, 5.74) is 1.14. The lowest BCUT2D eigenvalue weighted by molar-refractivity contribution is 0.0155. The highest BCUT2D eigenvalue weighted by Gasteiger charge is 2.33. The van der Waals surface area contributed by atoms with E-state index in [0.717, 1.165) is 23.0 Å². The summed E-state index contributed by atoms with van der Waals surface area (Å²) in [6.45, 7) is 8.87. The van der Waals surface area contributed by atoms with Crippen LogP contribution in [0, 0.1) is 11.7 Å². The van der Waals surface area contributed by atoms with E-state index < -0.39 is 5.60 Å². The molecule has 2 heterocycles. The first-order valence-corrected chi connectivity index (χ1v) is 8.39. The number of amides is 1. The molecule has 24 heavy (non-hydrogen) atoms. The van der Waals surface area contributed by atoms with Crippen LogP contribution in [-0.4, -0.2) is 29.7 Å². The monoisotopic (exact) mass is 333 g/mol. The molecule has 0 aliphatic carbocycles. The topological polar surface area (TPSA) is 42.7 Å². The van der Waals surface area contributed by atoms with E-state index in [-0.39, 0.29) is 23.7 Å². The van der Waals surface area contributed by atoms with E-state index in [9.17, 15) is 9.18 Å². The molecule has 5 heteroatoms. The molecule has 1 aromatic heterocycles. The second-order valence-electron chi connectivity index (χ2n) is 7.63. The SMILES string of the molecule is C[C@@H]1CN(C(=O)OC(C)(C)C)CC[C@@H]1c1cc(F)cc2ccoc12. The van der Waals surface area contributed by atoms with Crippen molar-refractivity contribution in [3.05, 3.63) is 35.8 Å². The van der Waals surface area contributed by atoms with Crippen LogP contribution in [0.4, 0.5) is 9.18 Å². The lowest BCUT2D eigenvalue weighted by atomic mass is 9.81. The largest absolute Gasteiger partial charge is 0.464 e. The summed E-state index contributed by atoms with van der Waals surface area (Å²) in [4.78, 5) is 14.0. The molecule has 1 aromatic carbocycles. The molecule has 3 rings (SSSR count). The van der Waals surface area contributed by atoms with Gasteiger partial charge >= 0.3 is 6.09 Å². The quantitative estimate of drug-likeness (QED) is 0.743. The zero-order valence-electron chi connectivity index (χ0n) is 14.6. The zero-order valence-corrected chi connectivity index (χ0v) is 14.6. The number of nitrogens with zero attached hydrogens (tertiary/aromatic N) is 1. The summed E-state index contributed by atoms with van der Waals surface area (Å²) in [6, 6.07) is 4.83. The molecule has 1 fully saturated rings. The van der Waals surface area contributed by atoms with Gasteiger partial charge in [0.25, 0.3) is 0 Å². The predicted octanol–water partition coefficient (Wildman–Crippen LogP) is 4.93. The fourth-order valence-corrected chi connectivity index (χ4v) is 3.45. The number of piperidine rings is 1. The van der Waals surface area contributed by atoms with Crippen molar-refractivity contribution < 1.29 is 18.3 Å². The number of halogens is 1. The normalized spacial score (nSPS) is 22.0. The molecule has 0 saturated carbocycles. The second kappa shape index (κ2) is 6.11. The fraction of sp³-hybridized carbons (Fsp3) is 0.526. The molecule has 1 aliphatic rings. The lowest BCUT2D eigenvalue weighted by Gasteiger charge is -2.37. The van der Waals surface area contributed by atoms with Gasteiger partial charge in [-0.25, -0.2) is 9.18 Å². The van der Waals surface area contributed by atoms with E-state index in [1.807, 2.05) is 20.8 Å². The number of carbonyl (C=O) groups excluding carboxylic acids is 1. The number of fused-ring (bicyclic) bond motifs is 1. The molecule has 1 aliphatic heterocycles. The highest BCUT2D eigenvalue weighted by atomic mass is 19.1. The van der Waals surface area contributed by atoms with Crippen molar-refractivity contribution in [3.63, 3.8) is 0 Å². The first kappa shape index (κ1) is 16.8. The van der Waals surface area contributed by atoms with Crippen LogP contribution in [0.3, 0.4) is 0 Å². The van der Waals surface area contributed by atoms with Gasteiger partial charge in [0.15, 0.2) is 0 Å². The van der Waals surface area contributed by atoms with Crippen molar-refractivity contribution in [2.45, 2.75) is 45.6 Å². The average Bonchev–Trinajstić information content (AvgIpc) is 2.92. The van der Waals surface area contributed by atoms with Crippen LogP contribution in [0.2, 0.25) is 0 Å². The van der Waals surface area contributed by atoms with E-state index >= 15 is 0 Å². The summed E-state index contributed by atoms with van der Waals surface area (Å²) in [6.07, 6.45) is 2.07. The number of hydrogen-bond acceptors (Lipinski definition) is 3. The van der Waals surface area contributed by atoms with Gasteiger partial charge in [-0.2, -0.15) is 0 Å². The summed E-state index contributed by atoms with van der Waals surface area (Å²) < 4.78 is 24.9. The fourth-order valence-electron chi connectivity index (χ4n) is 3.45. The predicted molar refractivity (Wildman–Crippen MR) is 90.5 cm³/mol. The molecule has 130 valence electrons. The van der Waals surface area contributed by atoms with E-state index in [1.165, 1.54) is 6.07 Å². The molecular weight excluding hydrogens is 309 g/mol. The Morgan fingerprint density at radius 1 is 1.38 bits per heavy atom. The first-order chi connectivity index (χ1) is 11.2. The van der Waals surface area contributed by atoms with Crippen LogP contribution in [0.5, 0.6) is 0 Å². The third kappa shape index (κ3) is 3.40. The van der Waals surface area contributed by atoms with Gasteiger partial charge < -0.3 is 14.1 Å². The molecule has 2 atom stereocenters. The van der Waals surface area contributed by atoms with Crippen molar-refractivity contribution in [1.82, 2.24) is 4.90 Å². The van der Waals surface area contributed by atoms with Crippen molar-refractivity contribution in [1.29, 1.82) is 0 Å². The molecule has 0 bridgehead atoms. The van der Waals surface area contributed by atoms with Crippen molar-refractivity contribution >= 4 is 17.1 Å². The highest BCUT2D eigenvalue weighted by Crippen LogP contribution is 2.37. The van der Waals surface area contributed by atoms with Gasteiger partial charge in [0.1, 0.15) is 17.0 Å². The minimum absolute atomic E-state index is 0.160. The maximum atomic E-state index is 13.9. The molecule has 1 saturated heterocycles. The number of rotatable bonds is 1. The molecule has 4 nitrogen and oxygen atoms in total. The zero-order chi connectivity index (χ0) is 17.5. The maximum absolute atomic E-state index is 13.9. The first-order valence-electron chi connectivity index (χ1n) is 8.39. The molecule has 2 aromatic rings. The number of ether oxygens (including phenoxy) is 1. The molecular formula is C19H24FNO3. The Hall–Kier alpha value is -2.04. The Labute approximate surface area is 141 Å².